The van der Waals surface area contributed by atoms with Crippen molar-refractivity contribution in [1.82, 2.24) is 9.88 Å². The molecule has 0 spiro atoms. The molecule has 146 valence electrons. The van der Waals surface area contributed by atoms with Gasteiger partial charge < -0.3 is 9.15 Å². The summed E-state index contributed by atoms with van der Waals surface area (Å²) >= 11 is 12.3. The molecule has 4 nitrogen and oxygen atoms in total. The Morgan fingerprint density at radius 3 is 2.61 bits per heavy atom. The van der Waals surface area contributed by atoms with Gasteiger partial charge in [-0.2, -0.15) is 0 Å². The fourth-order valence-electron chi connectivity index (χ4n) is 3.86. The highest BCUT2D eigenvalue weighted by Gasteiger charge is 2.34. The minimum atomic E-state index is 0.0591. The second-order valence-corrected chi connectivity index (χ2v) is 7.89. The molecule has 6 heteroatoms. The van der Waals surface area contributed by atoms with Crippen molar-refractivity contribution in [1.29, 1.82) is 0 Å². The van der Waals surface area contributed by atoms with Crippen LogP contribution in [0.5, 0.6) is 0 Å². The van der Waals surface area contributed by atoms with E-state index in [-0.39, 0.29) is 12.1 Å². The van der Waals surface area contributed by atoms with Gasteiger partial charge in [0.25, 0.3) is 0 Å². The lowest BCUT2D eigenvalue weighted by Gasteiger charge is -2.41. The molecule has 0 N–H and O–H groups in total. The number of benzene rings is 2. The van der Waals surface area contributed by atoms with Gasteiger partial charge in [-0.25, -0.2) is 4.98 Å². The van der Waals surface area contributed by atoms with Crippen molar-refractivity contribution in [3.05, 3.63) is 88.1 Å². The van der Waals surface area contributed by atoms with E-state index in [1.165, 1.54) is 5.56 Å². The average molecular weight is 417 g/mol. The number of hydrogen-bond acceptors (Lipinski definition) is 4. The lowest BCUT2D eigenvalue weighted by molar-refractivity contribution is -0.0572. The normalized spacial score (nSPS) is 20.4. The largest absolute Gasteiger partial charge is 0.448 e. The van der Waals surface area contributed by atoms with Crippen LogP contribution in [0.4, 0.5) is 0 Å². The maximum absolute atomic E-state index is 6.39. The quantitative estimate of drug-likeness (QED) is 0.500. The molecule has 0 radical (unpaired) electrons. The van der Waals surface area contributed by atoms with Crippen LogP contribution in [0.15, 0.2) is 65.4 Å². The number of likely N-dealkylation sites (tertiary alicyclic amines) is 1. The summed E-state index contributed by atoms with van der Waals surface area (Å²) < 4.78 is 11.9. The first-order valence-electron chi connectivity index (χ1n) is 9.43. The summed E-state index contributed by atoms with van der Waals surface area (Å²) in [6.45, 7) is 2.11. The molecule has 2 heterocycles. The van der Waals surface area contributed by atoms with E-state index in [0.717, 1.165) is 30.8 Å². The van der Waals surface area contributed by atoms with Gasteiger partial charge in [0.15, 0.2) is 0 Å². The minimum Gasteiger partial charge on any atom is -0.448 e. The molecule has 1 aliphatic rings. The SMILES string of the molecule is Clc1cc(Cl)cc(CO[C@H]2CCCN(Cc3ncco3)[C@H]2c2ccccc2)c1. The Hall–Kier alpha value is -1.85. The molecular formula is C22H22Cl2N2O2. The summed E-state index contributed by atoms with van der Waals surface area (Å²) in [5.74, 6) is 0.725. The Balaban J connectivity index is 1.55. The second kappa shape index (κ2) is 9.10. The first kappa shape index (κ1) is 19.5. The monoisotopic (exact) mass is 416 g/mol. The smallest absolute Gasteiger partial charge is 0.208 e. The third kappa shape index (κ3) is 4.76. The van der Waals surface area contributed by atoms with Crippen molar-refractivity contribution in [3.8, 4) is 0 Å². The van der Waals surface area contributed by atoms with Crippen LogP contribution in [0.2, 0.25) is 10.0 Å². The van der Waals surface area contributed by atoms with Crippen molar-refractivity contribution in [2.24, 2.45) is 0 Å². The molecule has 1 aliphatic heterocycles. The Morgan fingerprint density at radius 1 is 1.11 bits per heavy atom. The zero-order valence-electron chi connectivity index (χ0n) is 15.4. The van der Waals surface area contributed by atoms with Gasteiger partial charge in [-0.1, -0.05) is 53.5 Å². The maximum atomic E-state index is 6.39. The zero-order chi connectivity index (χ0) is 19.3. The van der Waals surface area contributed by atoms with E-state index >= 15 is 0 Å². The summed E-state index contributed by atoms with van der Waals surface area (Å²) in [7, 11) is 0. The predicted octanol–water partition coefficient (Wildman–Crippen LogP) is 5.90. The fraction of sp³-hybridized carbons (Fsp3) is 0.318. The molecule has 28 heavy (non-hydrogen) atoms. The third-order valence-electron chi connectivity index (χ3n) is 5.03. The van der Waals surface area contributed by atoms with Crippen molar-refractivity contribution < 1.29 is 9.15 Å². The summed E-state index contributed by atoms with van der Waals surface area (Å²) in [6.07, 6.45) is 5.42. The first-order chi connectivity index (χ1) is 13.7. The predicted molar refractivity (Wildman–Crippen MR) is 110 cm³/mol. The lowest BCUT2D eigenvalue weighted by atomic mass is 9.92. The van der Waals surface area contributed by atoms with Crippen LogP contribution in [0.1, 0.15) is 35.9 Å². The van der Waals surface area contributed by atoms with Gasteiger partial charge >= 0.3 is 0 Å². The topological polar surface area (TPSA) is 38.5 Å². The van der Waals surface area contributed by atoms with E-state index in [4.69, 9.17) is 32.4 Å². The van der Waals surface area contributed by atoms with Crippen LogP contribution < -0.4 is 0 Å². The van der Waals surface area contributed by atoms with Gasteiger partial charge in [0.2, 0.25) is 5.89 Å². The Labute approximate surface area is 175 Å². The number of halogens is 2. The number of ether oxygens (including phenoxy) is 1. The number of hydrogen-bond donors (Lipinski definition) is 0. The van der Waals surface area contributed by atoms with Crippen LogP contribution in [-0.2, 0) is 17.9 Å². The molecule has 3 aromatic rings. The molecule has 0 bridgehead atoms. The highest BCUT2D eigenvalue weighted by atomic mass is 35.5. The number of piperidine rings is 1. The number of aromatic nitrogens is 1. The van der Waals surface area contributed by atoms with Crippen molar-refractivity contribution in [2.45, 2.75) is 38.1 Å². The number of rotatable bonds is 6. The molecule has 0 aliphatic carbocycles. The average Bonchev–Trinajstić information content (AvgIpc) is 3.19. The standard InChI is InChI=1S/C22H22Cl2N2O2/c23-18-11-16(12-19(24)13-18)15-28-20-7-4-9-26(14-21-25-8-10-27-21)22(20)17-5-2-1-3-6-17/h1-3,5-6,8,10-13,20,22H,4,7,9,14-15H2/t20-,22-/m0/s1. The van der Waals surface area contributed by atoms with Gasteiger partial charge in [0, 0.05) is 10.0 Å². The van der Waals surface area contributed by atoms with Crippen molar-refractivity contribution in [2.75, 3.05) is 6.54 Å². The zero-order valence-corrected chi connectivity index (χ0v) is 16.9. The van der Waals surface area contributed by atoms with Crippen LogP contribution >= 0.6 is 23.2 Å². The summed E-state index contributed by atoms with van der Waals surface area (Å²) in [4.78, 5) is 6.69. The fourth-order valence-corrected chi connectivity index (χ4v) is 4.43. The second-order valence-electron chi connectivity index (χ2n) is 7.02. The van der Waals surface area contributed by atoms with Crippen LogP contribution in [0.25, 0.3) is 0 Å². The molecule has 1 aromatic heterocycles. The minimum absolute atomic E-state index is 0.0591. The first-order valence-corrected chi connectivity index (χ1v) is 10.2. The summed E-state index contributed by atoms with van der Waals surface area (Å²) in [5.41, 5.74) is 2.22. The van der Waals surface area contributed by atoms with E-state index in [0.29, 0.717) is 23.2 Å². The van der Waals surface area contributed by atoms with Gasteiger partial charge in [-0.15, -0.1) is 0 Å². The van der Waals surface area contributed by atoms with E-state index < -0.39 is 0 Å². The van der Waals surface area contributed by atoms with Gasteiger partial charge in [-0.05, 0) is 48.7 Å². The summed E-state index contributed by atoms with van der Waals surface area (Å²) in [5, 5.41) is 1.25. The van der Waals surface area contributed by atoms with E-state index in [1.807, 2.05) is 18.2 Å². The van der Waals surface area contributed by atoms with Crippen molar-refractivity contribution >= 4 is 23.2 Å². The van der Waals surface area contributed by atoms with Crippen LogP contribution in [0, 0.1) is 0 Å². The molecular weight excluding hydrogens is 395 g/mol. The number of oxazole rings is 1. The molecule has 1 fully saturated rings. The van der Waals surface area contributed by atoms with E-state index in [2.05, 4.69) is 34.1 Å². The highest BCUT2D eigenvalue weighted by Crippen LogP contribution is 2.35. The highest BCUT2D eigenvalue weighted by molar-refractivity contribution is 6.34. The Bertz CT molecular complexity index is 867. The van der Waals surface area contributed by atoms with Crippen LogP contribution in [0.3, 0.4) is 0 Å². The van der Waals surface area contributed by atoms with Crippen molar-refractivity contribution in [3.63, 3.8) is 0 Å². The van der Waals surface area contributed by atoms with Crippen LogP contribution in [-0.4, -0.2) is 22.5 Å². The lowest BCUT2D eigenvalue weighted by Crippen LogP contribution is -2.42. The molecule has 0 amide bonds. The van der Waals surface area contributed by atoms with E-state index in [1.54, 1.807) is 18.5 Å². The molecule has 0 saturated carbocycles. The molecule has 4 rings (SSSR count). The van der Waals surface area contributed by atoms with Gasteiger partial charge in [-0.3, -0.25) is 4.90 Å². The van der Waals surface area contributed by atoms with Gasteiger partial charge in [0.05, 0.1) is 31.5 Å². The third-order valence-corrected chi connectivity index (χ3v) is 5.47. The Kier molecular flexibility index (Phi) is 6.33. The molecule has 2 atom stereocenters. The summed E-state index contributed by atoms with van der Waals surface area (Å²) in [6, 6.07) is 16.2. The van der Waals surface area contributed by atoms with E-state index in [9.17, 15) is 0 Å². The molecule has 0 unspecified atom stereocenters. The molecule has 2 aromatic carbocycles. The molecule has 1 saturated heterocycles. The maximum Gasteiger partial charge on any atom is 0.208 e. The van der Waals surface area contributed by atoms with Gasteiger partial charge in [0.1, 0.15) is 6.26 Å². The Morgan fingerprint density at radius 2 is 1.89 bits per heavy atom. The number of nitrogens with zero attached hydrogens (tertiary/aromatic N) is 2.